The van der Waals surface area contributed by atoms with E-state index in [4.69, 9.17) is 0 Å². The number of hydrogen-bond donors (Lipinski definition) is 2. The van der Waals surface area contributed by atoms with Crippen LogP contribution >= 0.6 is 25.3 Å². The second-order valence-electron chi connectivity index (χ2n) is 0.632. The predicted octanol–water partition coefficient (Wildman–Crippen LogP) is 0.811. The standard InChI is InChI=1S/C2H6S2.Bi/c1-2(3)4;/h2-4H,1H3;. The molecule has 0 N–H and O–H groups in total. The molecule has 0 aliphatic heterocycles. The zero-order valence-electron chi connectivity index (χ0n) is 2.92. The summed E-state index contributed by atoms with van der Waals surface area (Å²) in [5, 5.41) is 0. The minimum Gasteiger partial charge on any atom is -0.166 e. The normalized spacial score (nSPS) is 7.20. The molecule has 0 heterocycles. The van der Waals surface area contributed by atoms with E-state index in [2.05, 4.69) is 25.3 Å². The van der Waals surface area contributed by atoms with Gasteiger partial charge >= 0.3 is 0 Å². The van der Waals surface area contributed by atoms with Crippen molar-refractivity contribution < 1.29 is 0 Å². The molecule has 0 aromatic heterocycles. The third-order valence-electron chi connectivity index (χ3n) is 0. The average Bonchev–Trinajstić information content (AvgIpc) is 0.811. The molecule has 0 aromatic carbocycles. The zero-order valence-corrected chi connectivity index (χ0v) is 8.18. The monoisotopic (exact) mass is 303 g/mol. The van der Waals surface area contributed by atoms with Gasteiger partial charge in [-0.2, -0.15) is 25.3 Å². The van der Waals surface area contributed by atoms with E-state index in [0.29, 0.717) is 0 Å². The molecule has 0 saturated heterocycles. The quantitative estimate of drug-likeness (QED) is 0.369. The van der Waals surface area contributed by atoms with Gasteiger partial charge in [0.05, 0.1) is 0 Å². The van der Waals surface area contributed by atoms with Crippen LogP contribution in [0.25, 0.3) is 0 Å². The van der Waals surface area contributed by atoms with Crippen LogP contribution in [-0.4, -0.2) is 30.8 Å². The fraction of sp³-hybridized carbons (Fsp3) is 1.00. The Morgan fingerprint density at radius 2 is 1.40 bits per heavy atom. The van der Waals surface area contributed by atoms with Crippen LogP contribution in [-0.2, 0) is 0 Å². The first-order valence-corrected chi connectivity index (χ1v) is 2.13. The first-order chi connectivity index (χ1) is 1.73. The van der Waals surface area contributed by atoms with E-state index < -0.39 is 0 Å². The largest absolute Gasteiger partial charge is 0.166 e. The van der Waals surface area contributed by atoms with Crippen molar-refractivity contribution in [1.82, 2.24) is 0 Å². The van der Waals surface area contributed by atoms with Gasteiger partial charge in [-0.1, -0.05) is 0 Å². The molecular formula is C2H6BiS2. The molecule has 0 amide bonds. The van der Waals surface area contributed by atoms with E-state index in [9.17, 15) is 0 Å². The summed E-state index contributed by atoms with van der Waals surface area (Å²) in [6.45, 7) is 1.90. The van der Waals surface area contributed by atoms with Crippen LogP contribution in [0.4, 0.5) is 0 Å². The minimum absolute atomic E-state index is 0. The summed E-state index contributed by atoms with van der Waals surface area (Å²) in [6.07, 6.45) is 0. The molecule has 3 heteroatoms. The Morgan fingerprint density at radius 3 is 1.40 bits per heavy atom. The van der Waals surface area contributed by atoms with Gasteiger partial charge in [0.2, 0.25) is 0 Å². The average molecular weight is 303 g/mol. The van der Waals surface area contributed by atoms with Crippen molar-refractivity contribution in [3.63, 3.8) is 0 Å². The second-order valence-corrected chi connectivity index (χ2v) is 2.59. The number of rotatable bonds is 0. The van der Waals surface area contributed by atoms with Gasteiger partial charge in [-0.15, -0.1) is 0 Å². The van der Waals surface area contributed by atoms with Gasteiger partial charge in [0.15, 0.2) is 0 Å². The SMILES string of the molecule is CC(S)S.[Bi]. The first-order valence-electron chi connectivity index (χ1n) is 1.09. The molecule has 0 bridgehead atoms. The third kappa shape index (κ3) is 28.6. The topological polar surface area (TPSA) is 0 Å². The van der Waals surface area contributed by atoms with Crippen LogP contribution in [0.15, 0.2) is 0 Å². The zero-order chi connectivity index (χ0) is 3.58. The Balaban J connectivity index is 0. The van der Waals surface area contributed by atoms with Crippen LogP contribution in [0, 0.1) is 0 Å². The van der Waals surface area contributed by atoms with E-state index in [1.54, 1.807) is 0 Å². The molecule has 0 atom stereocenters. The molecule has 31 valence electrons. The fourth-order valence-electron chi connectivity index (χ4n) is 0. The van der Waals surface area contributed by atoms with Crippen LogP contribution in [0.1, 0.15) is 6.92 Å². The van der Waals surface area contributed by atoms with Crippen molar-refractivity contribution in [2.75, 3.05) is 0 Å². The van der Waals surface area contributed by atoms with Crippen molar-refractivity contribution in [2.45, 2.75) is 11.5 Å². The summed E-state index contributed by atoms with van der Waals surface area (Å²) in [4.78, 5) is 0. The molecule has 5 heavy (non-hydrogen) atoms. The van der Waals surface area contributed by atoms with Gasteiger partial charge in [-0.25, -0.2) is 0 Å². The molecule has 3 radical (unpaired) electrons. The van der Waals surface area contributed by atoms with Gasteiger partial charge in [-0.05, 0) is 6.92 Å². The molecule has 0 aliphatic carbocycles. The maximum absolute atomic E-state index is 3.83. The van der Waals surface area contributed by atoms with E-state index >= 15 is 0 Å². The predicted molar refractivity (Wildman–Crippen MR) is 33.2 cm³/mol. The van der Waals surface area contributed by atoms with Gasteiger partial charge in [0.1, 0.15) is 0 Å². The fourth-order valence-corrected chi connectivity index (χ4v) is 0. The molecule has 0 spiro atoms. The number of hydrogen-bond acceptors (Lipinski definition) is 2. The molecule has 0 nitrogen and oxygen atoms in total. The summed E-state index contributed by atoms with van der Waals surface area (Å²) in [6, 6.07) is 0. The Bertz CT molecular complexity index is 12.4. The van der Waals surface area contributed by atoms with Crippen molar-refractivity contribution in [2.24, 2.45) is 0 Å². The Labute approximate surface area is 62.7 Å². The van der Waals surface area contributed by atoms with Crippen LogP contribution in [0.2, 0.25) is 0 Å². The summed E-state index contributed by atoms with van der Waals surface area (Å²) in [5.74, 6) is 0. The molecule has 0 aromatic rings. The maximum Gasteiger partial charge on any atom is 0.0414 e. The molecular weight excluding hydrogens is 297 g/mol. The van der Waals surface area contributed by atoms with E-state index in [-0.39, 0.29) is 30.8 Å². The van der Waals surface area contributed by atoms with Crippen molar-refractivity contribution in [3.8, 4) is 0 Å². The van der Waals surface area contributed by atoms with Crippen LogP contribution < -0.4 is 0 Å². The number of thiol groups is 2. The summed E-state index contributed by atoms with van der Waals surface area (Å²) < 4.78 is 0.222. The van der Waals surface area contributed by atoms with Crippen LogP contribution in [0.5, 0.6) is 0 Å². The van der Waals surface area contributed by atoms with Crippen molar-refractivity contribution >= 4 is 51.5 Å². The first kappa shape index (κ1) is 9.77. The molecule has 0 rings (SSSR count). The van der Waals surface area contributed by atoms with Crippen LogP contribution in [0.3, 0.4) is 0 Å². The summed E-state index contributed by atoms with van der Waals surface area (Å²) in [5.41, 5.74) is 0. The van der Waals surface area contributed by atoms with E-state index in [0.717, 1.165) is 0 Å². The van der Waals surface area contributed by atoms with Crippen molar-refractivity contribution in [3.05, 3.63) is 0 Å². The molecule has 0 saturated carbocycles. The van der Waals surface area contributed by atoms with E-state index in [1.807, 2.05) is 6.92 Å². The van der Waals surface area contributed by atoms with Gasteiger partial charge in [0.25, 0.3) is 0 Å². The Kier molecular flexibility index (Phi) is 10.9. The Hall–Kier alpha value is 1.58. The van der Waals surface area contributed by atoms with E-state index in [1.165, 1.54) is 0 Å². The second kappa shape index (κ2) is 5.58. The van der Waals surface area contributed by atoms with Gasteiger partial charge < -0.3 is 0 Å². The van der Waals surface area contributed by atoms with Crippen molar-refractivity contribution in [1.29, 1.82) is 0 Å². The minimum atomic E-state index is 0. The summed E-state index contributed by atoms with van der Waals surface area (Å²) in [7, 11) is 0. The van der Waals surface area contributed by atoms with Gasteiger partial charge in [-0.3, -0.25) is 0 Å². The third-order valence-corrected chi connectivity index (χ3v) is 0. The molecule has 0 aliphatic rings. The van der Waals surface area contributed by atoms with Gasteiger partial charge in [0, 0.05) is 30.8 Å². The molecule has 0 unspecified atom stereocenters. The smallest absolute Gasteiger partial charge is 0.0414 e. The summed E-state index contributed by atoms with van der Waals surface area (Å²) >= 11 is 7.66. The Morgan fingerprint density at radius 1 is 1.40 bits per heavy atom. The maximum atomic E-state index is 3.83. The molecule has 0 fully saturated rings.